The van der Waals surface area contributed by atoms with E-state index < -0.39 is 22.8 Å². The summed E-state index contributed by atoms with van der Waals surface area (Å²) in [6.07, 6.45) is 1.67. The summed E-state index contributed by atoms with van der Waals surface area (Å²) >= 11 is 1.25. The van der Waals surface area contributed by atoms with Gasteiger partial charge in [0.05, 0.1) is 6.10 Å². The van der Waals surface area contributed by atoms with Crippen LogP contribution in [0.4, 0.5) is 0 Å². The number of allylic oxidation sites excluding steroid dienone is 1. The highest BCUT2D eigenvalue weighted by Gasteiger charge is 2.24. The van der Waals surface area contributed by atoms with Crippen molar-refractivity contribution in [2.24, 2.45) is 14.1 Å². The van der Waals surface area contributed by atoms with Gasteiger partial charge in [0, 0.05) is 25.3 Å². The minimum absolute atomic E-state index is 0.0901. The molecule has 0 spiro atoms. The van der Waals surface area contributed by atoms with Gasteiger partial charge in [-0.05, 0) is 18.1 Å². The van der Waals surface area contributed by atoms with E-state index in [1.807, 2.05) is 45.0 Å². The Hall–Kier alpha value is -2.91. The van der Waals surface area contributed by atoms with Gasteiger partial charge in [-0.15, -0.1) is 18.3 Å². The molecule has 3 aromatic rings. The summed E-state index contributed by atoms with van der Waals surface area (Å²) < 4.78 is 8.23. The molecule has 0 fully saturated rings. The number of rotatable bonds is 8. The third-order valence-corrected chi connectivity index (χ3v) is 6.24. The minimum atomic E-state index is -0.800. The maximum Gasteiger partial charge on any atom is 0.332 e. The number of para-hydroxylation sites is 1. The average molecular weight is 471 g/mol. The molecule has 3 rings (SSSR count). The van der Waals surface area contributed by atoms with Crippen LogP contribution in [0.5, 0.6) is 5.75 Å². The van der Waals surface area contributed by atoms with Gasteiger partial charge in [0.1, 0.15) is 28.6 Å². The van der Waals surface area contributed by atoms with Crippen molar-refractivity contribution in [1.82, 2.24) is 19.1 Å². The van der Waals surface area contributed by atoms with Crippen LogP contribution in [0.25, 0.3) is 11.0 Å². The van der Waals surface area contributed by atoms with Crippen molar-refractivity contribution in [3.05, 3.63) is 69.1 Å². The van der Waals surface area contributed by atoms with Crippen molar-refractivity contribution in [3.8, 4) is 5.75 Å². The lowest BCUT2D eigenvalue weighted by Crippen LogP contribution is -2.38. The molecule has 0 aliphatic carbocycles. The van der Waals surface area contributed by atoms with Crippen molar-refractivity contribution in [2.75, 3.05) is 12.4 Å². The summed E-state index contributed by atoms with van der Waals surface area (Å²) in [6, 6.07) is 7.62. The minimum Gasteiger partial charge on any atom is -0.491 e. The van der Waals surface area contributed by atoms with E-state index in [2.05, 4.69) is 16.5 Å². The molecule has 0 aliphatic heterocycles. The molecule has 176 valence electrons. The lowest BCUT2D eigenvalue weighted by Gasteiger charge is -2.20. The molecule has 1 atom stereocenters. The molecular formula is C24H30N4O4S. The Labute approximate surface area is 197 Å². The second kappa shape index (κ2) is 9.93. The lowest BCUT2D eigenvalue weighted by atomic mass is 9.96. The summed E-state index contributed by atoms with van der Waals surface area (Å²) in [5.41, 5.74) is -0.0196. The number of aliphatic hydroxyl groups is 1. The summed E-state index contributed by atoms with van der Waals surface area (Å²) in [6.45, 7) is 9.74. The van der Waals surface area contributed by atoms with E-state index in [4.69, 9.17) is 4.74 Å². The van der Waals surface area contributed by atoms with Crippen molar-refractivity contribution < 1.29 is 9.84 Å². The fourth-order valence-corrected chi connectivity index (χ4v) is 4.17. The van der Waals surface area contributed by atoms with Crippen molar-refractivity contribution in [2.45, 2.75) is 43.7 Å². The molecule has 0 saturated carbocycles. The van der Waals surface area contributed by atoms with Gasteiger partial charge in [0.2, 0.25) is 0 Å². The number of fused-ring (bicyclic) bond motifs is 1. The zero-order chi connectivity index (χ0) is 24.3. The molecule has 2 heterocycles. The number of hydrogen-bond donors (Lipinski definition) is 1. The van der Waals surface area contributed by atoms with Crippen LogP contribution >= 0.6 is 11.8 Å². The fourth-order valence-electron chi connectivity index (χ4n) is 3.25. The van der Waals surface area contributed by atoms with Crippen LogP contribution in [-0.4, -0.2) is 42.7 Å². The molecule has 33 heavy (non-hydrogen) atoms. The highest BCUT2D eigenvalue weighted by atomic mass is 32.2. The van der Waals surface area contributed by atoms with Gasteiger partial charge in [-0.2, -0.15) is 0 Å². The fraction of sp³-hybridized carbons (Fsp3) is 0.417. The van der Waals surface area contributed by atoms with Crippen LogP contribution in [0.1, 0.15) is 32.2 Å². The number of aryl methyl sites for hydroxylation is 1. The molecule has 0 unspecified atom stereocenters. The van der Waals surface area contributed by atoms with Gasteiger partial charge in [0.25, 0.3) is 5.56 Å². The molecule has 0 amide bonds. The van der Waals surface area contributed by atoms with E-state index in [1.54, 1.807) is 13.1 Å². The SMILES string of the molecule is C=CCc1ccccc1OC[C@H](O)CSc1nc(C(C)(C)C)nc2c1c(=O)n(C)c(=O)n2C. The highest BCUT2D eigenvalue weighted by Crippen LogP contribution is 2.27. The maximum atomic E-state index is 12.9. The normalized spacial score (nSPS) is 12.7. The van der Waals surface area contributed by atoms with Gasteiger partial charge in [-0.1, -0.05) is 45.0 Å². The predicted octanol–water partition coefficient (Wildman–Crippen LogP) is 2.59. The molecule has 2 aromatic heterocycles. The highest BCUT2D eigenvalue weighted by molar-refractivity contribution is 7.99. The second-order valence-corrected chi connectivity index (χ2v) is 9.89. The summed E-state index contributed by atoms with van der Waals surface area (Å²) in [7, 11) is 3.01. The Morgan fingerprint density at radius 1 is 1.18 bits per heavy atom. The van der Waals surface area contributed by atoms with E-state index in [0.29, 0.717) is 23.0 Å². The van der Waals surface area contributed by atoms with Crippen LogP contribution in [0.3, 0.4) is 0 Å². The molecule has 0 bridgehead atoms. The molecule has 0 saturated heterocycles. The number of benzene rings is 1. The van der Waals surface area contributed by atoms with Crippen LogP contribution in [0, 0.1) is 0 Å². The Balaban J connectivity index is 1.88. The van der Waals surface area contributed by atoms with Gasteiger partial charge >= 0.3 is 5.69 Å². The van der Waals surface area contributed by atoms with Crippen molar-refractivity contribution in [1.29, 1.82) is 0 Å². The van der Waals surface area contributed by atoms with E-state index in [1.165, 1.54) is 23.4 Å². The number of hydrogen-bond acceptors (Lipinski definition) is 7. The monoisotopic (exact) mass is 470 g/mol. The van der Waals surface area contributed by atoms with Gasteiger partial charge < -0.3 is 9.84 Å². The van der Waals surface area contributed by atoms with Crippen molar-refractivity contribution >= 4 is 22.8 Å². The number of nitrogens with zero attached hydrogens (tertiary/aromatic N) is 4. The standard InChI is InChI=1S/C24H30N4O4S/c1-7-10-15-11-8-9-12-17(15)32-13-16(29)14-33-20-18-19(25-22(26-20)24(2,3)4)27(5)23(31)28(6)21(18)30/h7-9,11-12,16,29H,1,10,13-14H2,2-6H3/t16-/m0/s1. The molecular weight excluding hydrogens is 440 g/mol. The van der Waals surface area contributed by atoms with Gasteiger partial charge in [-0.25, -0.2) is 14.8 Å². The van der Waals surface area contributed by atoms with Crippen LogP contribution in [-0.2, 0) is 25.9 Å². The molecule has 8 nitrogen and oxygen atoms in total. The Kier molecular flexibility index (Phi) is 7.44. The van der Waals surface area contributed by atoms with Gasteiger partial charge in [0.15, 0.2) is 5.65 Å². The zero-order valence-electron chi connectivity index (χ0n) is 19.7. The average Bonchev–Trinajstić information content (AvgIpc) is 2.78. The number of ether oxygens (including phenoxy) is 1. The molecule has 1 aromatic carbocycles. The Morgan fingerprint density at radius 3 is 2.55 bits per heavy atom. The van der Waals surface area contributed by atoms with E-state index in [-0.39, 0.29) is 23.4 Å². The van der Waals surface area contributed by atoms with Crippen LogP contribution in [0.15, 0.2) is 51.5 Å². The first-order valence-electron chi connectivity index (χ1n) is 10.6. The predicted molar refractivity (Wildman–Crippen MR) is 131 cm³/mol. The maximum absolute atomic E-state index is 12.9. The number of thioether (sulfide) groups is 1. The lowest BCUT2D eigenvalue weighted by molar-refractivity contribution is 0.126. The summed E-state index contributed by atoms with van der Waals surface area (Å²) in [4.78, 5) is 34.5. The van der Waals surface area contributed by atoms with Crippen LogP contribution in [0.2, 0.25) is 0 Å². The molecule has 1 N–H and O–H groups in total. The van der Waals surface area contributed by atoms with Crippen molar-refractivity contribution in [3.63, 3.8) is 0 Å². The van der Waals surface area contributed by atoms with Gasteiger partial charge in [-0.3, -0.25) is 13.9 Å². The number of aliphatic hydroxyl groups excluding tert-OH is 1. The topological polar surface area (TPSA) is 99.2 Å². The largest absolute Gasteiger partial charge is 0.491 e. The second-order valence-electron chi connectivity index (χ2n) is 8.88. The first-order valence-corrected chi connectivity index (χ1v) is 11.6. The first kappa shape index (κ1) is 24.7. The quantitative estimate of drug-likeness (QED) is 0.307. The van der Waals surface area contributed by atoms with E-state index >= 15 is 0 Å². The molecule has 0 radical (unpaired) electrons. The Morgan fingerprint density at radius 2 is 1.88 bits per heavy atom. The third kappa shape index (κ3) is 5.36. The smallest absolute Gasteiger partial charge is 0.332 e. The number of aromatic nitrogens is 4. The zero-order valence-corrected chi connectivity index (χ0v) is 20.5. The summed E-state index contributed by atoms with van der Waals surface area (Å²) in [5, 5.41) is 11.3. The first-order chi connectivity index (χ1) is 15.5. The van der Waals surface area contributed by atoms with E-state index in [0.717, 1.165) is 10.1 Å². The Bertz CT molecular complexity index is 1290. The molecule has 0 aliphatic rings. The summed E-state index contributed by atoms with van der Waals surface area (Å²) in [5.74, 6) is 1.48. The van der Waals surface area contributed by atoms with E-state index in [9.17, 15) is 14.7 Å². The van der Waals surface area contributed by atoms with Crippen LogP contribution < -0.4 is 16.0 Å². The third-order valence-electron chi connectivity index (χ3n) is 5.12. The molecule has 9 heteroatoms.